The van der Waals surface area contributed by atoms with Crippen LogP contribution >= 0.6 is 11.9 Å². The molecule has 1 unspecified atom stereocenters. The van der Waals surface area contributed by atoms with Crippen molar-refractivity contribution in [1.29, 1.82) is 0 Å². The summed E-state index contributed by atoms with van der Waals surface area (Å²) in [5, 5.41) is 0.481. The maximum absolute atomic E-state index is 5.45. The summed E-state index contributed by atoms with van der Waals surface area (Å²) in [5.41, 5.74) is 1.84. The van der Waals surface area contributed by atoms with Crippen molar-refractivity contribution >= 4 is 17.8 Å². The van der Waals surface area contributed by atoms with E-state index < -0.39 is 0 Å². The fraction of sp³-hybridized carbons (Fsp3) is 0.640. The van der Waals surface area contributed by atoms with E-state index in [9.17, 15) is 0 Å². The summed E-state index contributed by atoms with van der Waals surface area (Å²) in [5.74, 6) is 1.15. The van der Waals surface area contributed by atoms with Crippen molar-refractivity contribution in [3.05, 3.63) is 49.1 Å². The molecule has 0 radical (unpaired) electrons. The lowest BCUT2D eigenvalue weighted by Gasteiger charge is -2.47. The normalized spacial score (nSPS) is 27.9. The van der Waals surface area contributed by atoms with Crippen molar-refractivity contribution in [2.45, 2.75) is 30.9 Å². The first-order chi connectivity index (χ1) is 15.2. The van der Waals surface area contributed by atoms with Gasteiger partial charge in [-0.25, -0.2) is 0 Å². The minimum absolute atomic E-state index is 0.481. The van der Waals surface area contributed by atoms with Gasteiger partial charge in [0.25, 0.3) is 0 Å². The Hall–Kier alpha value is -1.34. The number of aliphatic imine (C=N–C) groups is 1. The SMILES string of the molecule is C=C/C=C(\C=C)CN1CCC2(CC1)CCN(SC1C=CC(N3CCOCC3)=NC1)CC2. The van der Waals surface area contributed by atoms with Crippen LogP contribution in [0.15, 0.2) is 54.1 Å². The van der Waals surface area contributed by atoms with Crippen LogP contribution in [0.4, 0.5) is 0 Å². The van der Waals surface area contributed by atoms with Crippen LogP contribution in [0.25, 0.3) is 0 Å². The molecule has 0 aromatic heterocycles. The third kappa shape index (κ3) is 6.13. The summed E-state index contributed by atoms with van der Waals surface area (Å²) in [6.45, 7) is 18.1. The molecule has 0 amide bonds. The lowest BCUT2D eigenvalue weighted by atomic mass is 9.71. The number of nitrogens with zero attached hydrogens (tertiary/aromatic N) is 4. The highest BCUT2D eigenvalue weighted by molar-refractivity contribution is 7.97. The number of rotatable bonds is 6. The van der Waals surface area contributed by atoms with Crippen molar-refractivity contribution in [3.8, 4) is 0 Å². The molecule has 4 aliphatic rings. The second kappa shape index (κ2) is 11.0. The summed E-state index contributed by atoms with van der Waals surface area (Å²) < 4.78 is 8.05. The predicted molar refractivity (Wildman–Crippen MR) is 133 cm³/mol. The van der Waals surface area contributed by atoms with Crippen LogP contribution in [0.2, 0.25) is 0 Å². The van der Waals surface area contributed by atoms with Crippen LogP contribution in [0.5, 0.6) is 0 Å². The van der Waals surface area contributed by atoms with Gasteiger partial charge in [0, 0.05) is 32.7 Å². The third-order valence-corrected chi connectivity index (χ3v) is 8.45. The Labute approximate surface area is 192 Å². The third-order valence-electron chi connectivity index (χ3n) is 7.21. The molecule has 0 aromatic rings. The summed E-state index contributed by atoms with van der Waals surface area (Å²) >= 11 is 2.01. The van der Waals surface area contributed by atoms with Crippen LogP contribution in [-0.2, 0) is 4.74 Å². The van der Waals surface area contributed by atoms with Crippen LogP contribution < -0.4 is 0 Å². The molecule has 0 saturated carbocycles. The largest absolute Gasteiger partial charge is 0.378 e. The number of allylic oxidation sites excluding steroid dienone is 2. The van der Waals surface area contributed by atoms with Gasteiger partial charge in [0.2, 0.25) is 0 Å². The summed E-state index contributed by atoms with van der Waals surface area (Å²) in [6, 6.07) is 0. The minimum atomic E-state index is 0.481. The van der Waals surface area contributed by atoms with Gasteiger partial charge in [-0.1, -0.05) is 49.4 Å². The van der Waals surface area contributed by atoms with Gasteiger partial charge in [-0.2, -0.15) is 0 Å². The molecule has 3 saturated heterocycles. The van der Waals surface area contributed by atoms with E-state index in [4.69, 9.17) is 9.73 Å². The van der Waals surface area contributed by atoms with Crippen molar-refractivity contribution in [2.75, 3.05) is 65.6 Å². The van der Waals surface area contributed by atoms with Crippen LogP contribution in [0.3, 0.4) is 0 Å². The van der Waals surface area contributed by atoms with Gasteiger partial charge in [-0.3, -0.25) is 14.2 Å². The van der Waals surface area contributed by atoms with Gasteiger partial charge in [0.05, 0.1) is 25.0 Å². The van der Waals surface area contributed by atoms with Gasteiger partial charge < -0.3 is 9.64 Å². The first-order valence-corrected chi connectivity index (χ1v) is 12.7. The Kier molecular flexibility index (Phi) is 8.10. The molecule has 3 fully saturated rings. The number of morpholine rings is 1. The molecule has 1 atom stereocenters. The Morgan fingerprint density at radius 1 is 1.10 bits per heavy atom. The molecule has 4 heterocycles. The molecule has 170 valence electrons. The highest BCUT2D eigenvalue weighted by Crippen LogP contribution is 2.43. The second-order valence-corrected chi connectivity index (χ2v) is 10.5. The zero-order valence-corrected chi connectivity index (χ0v) is 19.7. The van der Waals surface area contributed by atoms with Gasteiger partial charge in [0.15, 0.2) is 0 Å². The Morgan fingerprint density at radius 3 is 2.42 bits per heavy atom. The molecule has 6 heteroatoms. The maximum atomic E-state index is 5.45. The number of likely N-dealkylation sites (tertiary alicyclic amines) is 1. The number of hydrogen-bond acceptors (Lipinski definition) is 6. The zero-order valence-electron chi connectivity index (χ0n) is 18.9. The number of amidine groups is 1. The first kappa shape index (κ1) is 22.8. The summed E-state index contributed by atoms with van der Waals surface area (Å²) in [6.07, 6.45) is 15.8. The average Bonchev–Trinajstić information content (AvgIpc) is 2.83. The van der Waals surface area contributed by atoms with Crippen LogP contribution in [0, 0.1) is 5.41 Å². The van der Waals surface area contributed by atoms with Crippen molar-refractivity contribution in [1.82, 2.24) is 14.1 Å². The smallest absolute Gasteiger partial charge is 0.123 e. The molecule has 5 nitrogen and oxygen atoms in total. The Bertz CT molecular complexity index is 707. The van der Waals surface area contributed by atoms with Crippen molar-refractivity contribution < 1.29 is 4.74 Å². The lowest BCUT2D eigenvalue weighted by Crippen LogP contribution is -2.46. The van der Waals surface area contributed by atoms with Crippen LogP contribution in [0.1, 0.15) is 25.7 Å². The van der Waals surface area contributed by atoms with E-state index in [-0.39, 0.29) is 0 Å². The molecule has 0 N–H and O–H groups in total. The molecular formula is C25H38N4OS. The zero-order chi connectivity index (χ0) is 21.5. The van der Waals surface area contributed by atoms with E-state index >= 15 is 0 Å². The average molecular weight is 443 g/mol. The van der Waals surface area contributed by atoms with Crippen molar-refractivity contribution in [3.63, 3.8) is 0 Å². The Balaban J connectivity index is 1.18. The quantitative estimate of drug-likeness (QED) is 0.462. The van der Waals surface area contributed by atoms with E-state index in [1.54, 1.807) is 0 Å². The van der Waals surface area contributed by atoms with Crippen LogP contribution in [-0.4, -0.2) is 90.8 Å². The van der Waals surface area contributed by atoms with E-state index in [1.807, 2.05) is 24.1 Å². The molecular weight excluding hydrogens is 404 g/mol. The molecule has 31 heavy (non-hydrogen) atoms. The fourth-order valence-corrected chi connectivity index (χ4v) is 6.16. The molecule has 1 spiro atoms. The number of hydrogen-bond donors (Lipinski definition) is 0. The Morgan fingerprint density at radius 2 is 1.81 bits per heavy atom. The standard InChI is InChI=1S/C25H38N4OS/c1-3-5-22(4-2)21-27-12-8-25(9-13-27)10-14-29(15-11-25)31-23-6-7-24(26-20-23)28-16-18-30-19-17-28/h3-7,23H,1-2,8-21H2/b22-5+. The van der Waals surface area contributed by atoms with E-state index in [0.717, 1.165) is 45.2 Å². The molecule has 0 aliphatic carbocycles. The number of piperidine rings is 2. The van der Waals surface area contributed by atoms with Gasteiger partial charge in [0.1, 0.15) is 5.84 Å². The van der Waals surface area contributed by atoms with E-state index in [0.29, 0.717) is 10.7 Å². The van der Waals surface area contributed by atoms with E-state index in [2.05, 4.69) is 45.5 Å². The molecule has 0 aromatic carbocycles. The summed E-state index contributed by atoms with van der Waals surface area (Å²) in [4.78, 5) is 9.80. The fourth-order valence-electron chi connectivity index (χ4n) is 5.09. The molecule has 4 aliphatic heterocycles. The second-order valence-electron chi connectivity index (χ2n) is 9.19. The molecule has 0 bridgehead atoms. The summed E-state index contributed by atoms with van der Waals surface area (Å²) in [7, 11) is 0. The van der Waals surface area contributed by atoms with Gasteiger partial charge in [-0.05, 0) is 55.8 Å². The van der Waals surface area contributed by atoms with E-state index in [1.165, 1.54) is 57.4 Å². The number of dihydropyridines is 1. The maximum Gasteiger partial charge on any atom is 0.123 e. The monoisotopic (exact) mass is 442 g/mol. The highest BCUT2D eigenvalue weighted by atomic mass is 32.2. The topological polar surface area (TPSA) is 31.3 Å². The number of ether oxygens (including phenoxy) is 1. The predicted octanol–water partition coefficient (Wildman–Crippen LogP) is 3.78. The van der Waals surface area contributed by atoms with Gasteiger partial charge in [-0.15, -0.1) is 0 Å². The first-order valence-electron chi connectivity index (χ1n) is 11.8. The minimum Gasteiger partial charge on any atom is -0.378 e. The van der Waals surface area contributed by atoms with Gasteiger partial charge >= 0.3 is 0 Å². The molecule has 4 rings (SSSR count). The highest BCUT2D eigenvalue weighted by Gasteiger charge is 2.38. The van der Waals surface area contributed by atoms with Crippen molar-refractivity contribution in [2.24, 2.45) is 10.4 Å². The lowest BCUT2D eigenvalue weighted by molar-refractivity contribution is 0.0626.